The predicted octanol–water partition coefficient (Wildman–Crippen LogP) is 2.84. The standard InChI is InChI=1S/C14H18O3/c1-14(2,3)13(15)7-5-10-4-6-11-12(8-10)17-9-16-11/h4-8,13,15H,9H2,1-3H3/b7-5+/i4D,5D,6D,8D,9D2. The van der Waals surface area contributed by atoms with Crippen LogP contribution in [0.1, 0.15) is 34.6 Å². The van der Waals surface area contributed by atoms with Crippen molar-refractivity contribution in [1.29, 1.82) is 0 Å². The van der Waals surface area contributed by atoms with Gasteiger partial charge in [0.15, 0.2) is 11.5 Å². The lowest BCUT2D eigenvalue weighted by Gasteiger charge is -2.22. The van der Waals surface area contributed by atoms with Crippen LogP contribution in [0.4, 0.5) is 0 Å². The van der Waals surface area contributed by atoms with Gasteiger partial charge in [-0.15, -0.1) is 0 Å². The van der Waals surface area contributed by atoms with Gasteiger partial charge in [-0.05, 0) is 23.1 Å². The molecular weight excluding hydrogens is 216 g/mol. The number of benzene rings is 1. The molecule has 0 aliphatic carbocycles. The monoisotopic (exact) mass is 240 g/mol. The van der Waals surface area contributed by atoms with Gasteiger partial charge in [0.2, 0.25) is 6.75 Å². The van der Waals surface area contributed by atoms with Gasteiger partial charge >= 0.3 is 0 Å². The van der Waals surface area contributed by atoms with E-state index >= 15 is 0 Å². The fraction of sp³-hybridized carbons (Fsp3) is 0.429. The summed E-state index contributed by atoms with van der Waals surface area (Å²) in [5.41, 5.74) is -0.743. The third-order valence-electron chi connectivity index (χ3n) is 2.31. The second-order valence-electron chi connectivity index (χ2n) is 4.82. The molecule has 1 aliphatic heterocycles. The van der Waals surface area contributed by atoms with Crippen LogP contribution in [0.2, 0.25) is 0 Å². The molecule has 0 bridgehead atoms. The molecule has 1 N–H and O–H groups in total. The zero-order valence-corrected chi connectivity index (χ0v) is 9.92. The van der Waals surface area contributed by atoms with Crippen molar-refractivity contribution in [3.05, 3.63) is 29.8 Å². The average molecular weight is 240 g/mol. The Morgan fingerprint density at radius 3 is 2.88 bits per heavy atom. The second-order valence-corrected chi connectivity index (χ2v) is 4.82. The Hall–Kier alpha value is -1.48. The molecule has 0 fully saturated rings. The molecule has 2 rings (SSSR count). The highest BCUT2D eigenvalue weighted by atomic mass is 16.7. The molecule has 0 saturated carbocycles. The van der Waals surface area contributed by atoms with Crippen LogP contribution in [0.3, 0.4) is 0 Å². The van der Waals surface area contributed by atoms with Crippen molar-refractivity contribution in [3.8, 4) is 11.5 Å². The van der Waals surface area contributed by atoms with Crippen LogP contribution in [0.5, 0.6) is 11.5 Å². The predicted molar refractivity (Wildman–Crippen MR) is 67.1 cm³/mol. The summed E-state index contributed by atoms with van der Waals surface area (Å²) in [6.07, 6.45) is 0.210. The zero-order valence-electron chi connectivity index (χ0n) is 15.9. The molecule has 0 radical (unpaired) electrons. The van der Waals surface area contributed by atoms with E-state index < -0.39 is 36.4 Å². The van der Waals surface area contributed by atoms with E-state index in [0.29, 0.717) is 0 Å². The van der Waals surface area contributed by atoms with Gasteiger partial charge in [-0.2, -0.15) is 0 Å². The number of ether oxygens (including phenoxy) is 2. The topological polar surface area (TPSA) is 38.7 Å². The number of aliphatic hydroxyl groups excluding tert-OH is 1. The van der Waals surface area contributed by atoms with Gasteiger partial charge in [0.05, 0.1) is 11.6 Å². The highest BCUT2D eigenvalue weighted by molar-refractivity contribution is 5.56. The van der Waals surface area contributed by atoms with Crippen molar-refractivity contribution in [3.63, 3.8) is 0 Å². The van der Waals surface area contributed by atoms with Crippen LogP contribution in [0.15, 0.2) is 24.2 Å². The SMILES string of the molecule is [2H]/C(=C\C(O)C(C)(C)C)c1c([2H])c([2H])c2c(c1[2H])OC([2H])([2H])O2. The van der Waals surface area contributed by atoms with E-state index in [-0.39, 0.29) is 23.1 Å². The van der Waals surface area contributed by atoms with Gasteiger partial charge in [-0.25, -0.2) is 0 Å². The highest BCUT2D eigenvalue weighted by Crippen LogP contribution is 2.33. The molecule has 0 saturated heterocycles. The van der Waals surface area contributed by atoms with Gasteiger partial charge < -0.3 is 14.6 Å². The number of hydrogen-bond acceptors (Lipinski definition) is 3. The minimum Gasteiger partial charge on any atom is -0.454 e. The summed E-state index contributed by atoms with van der Waals surface area (Å²) >= 11 is 0. The maximum atomic E-state index is 10.1. The van der Waals surface area contributed by atoms with E-state index in [1.165, 1.54) is 6.08 Å². The summed E-state index contributed by atoms with van der Waals surface area (Å²) in [4.78, 5) is 0. The van der Waals surface area contributed by atoms with Crippen LogP contribution < -0.4 is 9.47 Å². The Kier molecular flexibility index (Phi) is 1.68. The van der Waals surface area contributed by atoms with Crippen LogP contribution >= 0.6 is 0 Å². The highest BCUT2D eigenvalue weighted by Gasteiger charge is 2.19. The lowest BCUT2D eigenvalue weighted by molar-refractivity contribution is 0.106. The third kappa shape index (κ3) is 2.80. The molecule has 1 aromatic rings. The first kappa shape index (κ1) is 6.45. The van der Waals surface area contributed by atoms with Crippen molar-refractivity contribution in [2.75, 3.05) is 6.75 Å². The average Bonchev–Trinajstić information content (AvgIpc) is 2.71. The molecule has 17 heavy (non-hydrogen) atoms. The minimum atomic E-state index is -2.52. The molecule has 1 heterocycles. The van der Waals surface area contributed by atoms with E-state index in [2.05, 4.69) is 0 Å². The van der Waals surface area contributed by atoms with E-state index in [4.69, 9.17) is 17.7 Å². The maximum absolute atomic E-state index is 10.1. The summed E-state index contributed by atoms with van der Waals surface area (Å²) in [5, 5.41) is 10.1. The molecule has 92 valence electrons. The summed E-state index contributed by atoms with van der Waals surface area (Å²) in [7, 11) is 0. The molecule has 1 unspecified atom stereocenters. The summed E-state index contributed by atoms with van der Waals surface area (Å²) in [5.74, 6) is -0.632. The number of rotatable bonds is 2. The summed E-state index contributed by atoms with van der Waals surface area (Å²) < 4.78 is 56.4. The van der Waals surface area contributed by atoms with E-state index in [0.717, 1.165) is 0 Å². The van der Waals surface area contributed by atoms with Gasteiger partial charge in [0, 0.05) is 0 Å². The van der Waals surface area contributed by atoms with E-state index in [1.54, 1.807) is 20.8 Å². The molecule has 0 spiro atoms. The van der Waals surface area contributed by atoms with Gasteiger partial charge in [-0.1, -0.05) is 38.9 Å². The Balaban J connectivity index is 2.58. The van der Waals surface area contributed by atoms with Gasteiger partial charge in [-0.3, -0.25) is 0 Å². The molecule has 0 amide bonds. The lowest BCUT2D eigenvalue weighted by atomic mass is 9.89. The Labute approximate surface area is 110 Å². The first-order valence-corrected chi connectivity index (χ1v) is 5.24. The first-order valence-electron chi connectivity index (χ1n) is 8.24. The molecular formula is C14H18O3. The Morgan fingerprint density at radius 2 is 2.18 bits per heavy atom. The molecule has 1 atom stereocenters. The van der Waals surface area contributed by atoms with Crippen molar-refractivity contribution >= 4 is 6.05 Å². The number of aliphatic hydroxyl groups is 1. The molecule has 0 aromatic heterocycles. The molecule has 3 heteroatoms. The largest absolute Gasteiger partial charge is 0.454 e. The first-order chi connectivity index (χ1) is 10.3. The zero-order chi connectivity index (χ0) is 17.7. The molecule has 1 aliphatic rings. The Bertz CT molecular complexity index is 678. The lowest BCUT2D eigenvalue weighted by Crippen LogP contribution is -2.23. The number of hydrogen-bond donors (Lipinski definition) is 1. The van der Waals surface area contributed by atoms with Crippen LogP contribution in [0.25, 0.3) is 6.05 Å². The maximum Gasteiger partial charge on any atom is 0.231 e. The van der Waals surface area contributed by atoms with E-state index in [9.17, 15) is 5.11 Å². The Morgan fingerprint density at radius 1 is 1.47 bits per heavy atom. The minimum absolute atomic E-state index is 0.210. The molecule has 3 nitrogen and oxygen atoms in total. The second kappa shape index (κ2) is 4.41. The van der Waals surface area contributed by atoms with Gasteiger partial charge in [0.25, 0.3) is 0 Å². The van der Waals surface area contributed by atoms with Crippen molar-refractivity contribution in [2.45, 2.75) is 26.9 Å². The summed E-state index contributed by atoms with van der Waals surface area (Å²) in [6, 6.07) is -1.62. The van der Waals surface area contributed by atoms with Crippen molar-refractivity contribution in [1.82, 2.24) is 0 Å². The van der Waals surface area contributed by atoms with Crippen LogP contribution in [0, 0.1) is 5.41 Å². The van der Waals surface area contributed by atoms with Crippen molar-refractivity contribution < 1.29 is 22.8 Å². The molecule has 1 aromatic carbocycles. The van der Waals surface area contributed by atoms with Crippen molar-refractivity contribution in [2.24, 2.45) is 5.41 Å². The quantitative estimate of drug-likeness (QED) is 0.864. The third-order valence-corrected chi connectivity index (χ3v) is 2.31. The van der Waals surface area contributed by atoms with Crippen LogP contribution in [-0.4, -0.2) is 18.0 Å². The number of fused-ring (bicyclic) bond motifs is 1. The van der Waals surface area contributed by atoms with E-state index in [1.807, 2.05) is 0 Å². The normalized spacial score (nSPS) is 25.1. The smallest absolute Gasteiger partial charge is 0.231 e. The van der Waals surface area contributed by atoms with Gasteiger partial charge in [0.1, 0.15) is 2.74 Å². The van der Waals surface area contributed by atoms with Crippen LogP contribution in [-0.2, 0) is 0 Å². The summed E-state index contributed by atoms with van der Waals surface area (Å²) in [6.45, 7) is 2.80. The fourth-order valence-corrected chi connectivity index (χ4v) is 1.11. The fourth-order valence-electron chi connectivity index (χ4n) is 1.11.